The first-order valence-corrected chi connectivity index (χ1v) is 6.04. The quantitative estimate of drug-likeness (QED) is 0.712. The molecule has 2 rings (SSSR count). The van der Waals surface area contributed by atoms with E-state index in [0.717, 1.165) is 0 Å². The Hall–Kier alpha value is -1.76. The van der Waals surface area contributed by atoms with Gasteiger partial charge in [0.05, 0.1) is 5.57 Å². The molecule has 0 aromatic rings. The van der Waals surface area contributed by atoms with E-state index in [4.69, 9.17) is 10.5 Å². The predicted molar refractivity (Wildman–Crippen MR) is 66.7 cm³/mol. The highest BCUT2D eigenvalue weighted by atomic mass is 16.5. The van der Waals surface area contributed by atoms with Crippen LogP contribution in [0.1, 0.15) is 40.5 Å². The monoisotopic (exact) mass is 246 g/mol. The number of hydrogen-bond acceptors (Lipinski definition) is 4. The molecular formula is C14H18N2O2. The van der Waals surface area contributed by atoms with Crippen molar-refractivity contribution in [2.75, 3.05) is 0 Å². The SMILES string of the molecule is CC1(C)CC(=O)C2=C(C1)OC(N)=C(C#N)C2(C)C. The second-order valence-electron chi connectivity index (χ2n) is 6.32. The predicted octanol–water partition coefficient (Wildman–Crippen LogP) is 2.38. The fourth-order valence-corrected chi connectivity index (χ4v) is 2.86. The van der Waals surface area contributed by atoms with Crippen LogP contribution >= 0.6 is 0 Å². The number of nitrogens with two attached hydrogens (primary N) is 1. The topological polar surface area (TPSA) is 76.1 Å². The molecule has 1 aliphatic heterocycles. The average molecular weight is 246 g/mol. The summed E-state index contributed by atoms with van der Waals surface area (Å²) in [5.41, 5.74) is 5.99. The van der Waals surface area contributed by atoms with Gasteiger partial charge in [0.25, 0.3) is 0 Å². The number of rotatable bonds is 0. The number of nitrogens with zero attached hydrogens (tertiary/aromatic N) is 1. The molecule has 0 saturated carbocycles. The van der Waals surface area contributed by atoms with Crippen LogP contribution in [0.5, 0.6) is 0 Å². The smallest absolute Gasteiger partial charge is 0.205 e. The van der Waals surface area contributed by atoms with Gasteiger partial charge in [-0.3, -0.25) is 4.79 Å². The zero-order chi connectivity index (χ0) is 13.7. The van der Waals surface area contributed by atoms with E-state index in [-0.39, 0.29) is 17.1 Å². The van der Waals surface area contributed by atoms with Crippen molar-refractivity contribution in [1.82, 2.24) is 0 Å². The molecule has 1 heterocycles. The van der Waals surface area contributed by atoms with E-state index in [2.05, 4.69) is 6.07 Å². The molecule has 18 heavy (non-hydrogen) atoms. The Morgan fingerprint density at radius 3 is 2.44 bits per heavy atom. The minimum absolute atomic E-state index is 0.0616. The van der Waals surface area contributed by atoms with Crippen molar-refractivity contribution in [2.24, 2.45) is 16.6 Å². The van der Waals surface area contributed by atoms with Crippen LogP contribution in [0.3, 0.4) is 0 Å². The summed E-state index contributed by atoms with van der Waals surface area (Å²) >= 11 is 0. The molecular weight excluding hydrogens is 228 g/mol. The Bertz CT molecular complexity index is 530. The average Bonchev–Trinajstić information content (AvgIpc) is 2.12. The third-order valence-corrected chi connectivity index (χ3v) is 3.68. The molecule has 2 aliphatic rings. The highest BCUT2D eigenvalue weighted by Crippen LogP contribution is 2.49. The molecule has 0 radical (unpaired) electrons. The van der Waals surface area contributed by atoms with Gasteiger partial charge in [0.15, 0.2) is 5.78 Å². The lowest BCUT2D eigenvalue weighted by Crippen LogP contribution is -2.38. The van der Waals surface area contributed by atoms with Crippen LogP contribution in [-0.4, -0.2) is 5.78 Å². The van der Waals surface area contributed by atoms with Gasteiger partial charge in [0, 0.05) is 23.8 Å². The van der Waals surface area contributed by atoms with Crippen molar-refractivity contribution in [1.29, 1.82) is 5.26 Å². The summed E-state index contributed by atoms with van der Waals surface area (Å²) < 4.78 is 5.53. The van der Waals surface area contributed by atoms with Gasteiger partial charge in [-0.1, -0.05) is 27.7 Å². The summed E-state index contributed by atoms with van der Waals surface area (Å²) in [7, 11) is 0. The lowest BCUT2D eigenvalue weighted by Gasteiger charge is -2.40. The molecule has 1 aliphatic carbocycles. The Kier molecular flexibility index (Phi) is 2.55. The molecule has 0 fully saturated rings. The first-order valence-electron chi connectivity index (χ1n) is 6.04. The molecule has 0 bridgehead atoms. The van der Waals surface area contributed by atoms with Gasteiger partial charge in [0.2, 0.25) is 5.88 Å². The molecule has 0 unspecified atom stereocenters. The van der Waals surface area contributed by atoms with Crippen LogP contribution < -0.4 is 5.73 Å². The Balaban J connectivity index is 2.57. The van der Waals surface area contributed by atoms with Crippen LogP contribution in [0.25, 0.3) is 0 Å². The van der Waals surface area contributed by atoms with Crippen molar-refractivity contribution < 1.29 is 9.53 Å². The van der Waals surface area contributed by atoms with Crippen molar-refractivity contribution in [3.8, 4) is 6.07 Å². The Morgan fingerprint density at radius 2 is 1.89 bits per heavy atom. The Labute approximate surface area is 107 Å². The van der Waals surface area contributed by atoms with E-state index < -0.39 is 5.41 Å². The number of nitriles is 1. The second-order valence-corrected chi connectivity index (χ2v) is 6.32. The maximum Gasteiger partial charge on any atom is 0.205 e. The number of hydrogen-bond donors (Lipinski definition) is 1. The van der Waals surface area contributed by atoms with Gasteiger partial charge in [0.1, 0.15) is 11.8 Å². The minimum atomic E-state index is -0.653. The van der Waals surface area contributed by atoms with E-state index in [0.29, 0.717) is 29.7 Å². The fraction of sp³-hybridized carbons (Fsp3) is 0.571. The Morgan fingerprint density at radius 1 is 1.28 bits per heavy atom. The molecule has 96 valence electrons. The third-order valence-electron chi connectivity index (χ3n) is 3.68. The number of ketones is 1. The molecule has 2 N–H and O–H groups in total. The van der Waals surface area contributed by atoms with E-state index in [1.165, 1.54) is 0 Å². The van der Waals surface area contributed by atoms with Gasteiger partial charge in [-0.2, -0.15) is 5.26 Å². The van der Waals surface area contributed by atoms with Gasteiger partial charge in [-0.15, -0.1) is 0 Å². The third kappa shape index (κ3) is 1.71. The molecule has 0 atom stereocenters. The highest BCUT2D eigenvalue weighted by Gasteiger charge is 2.46. The van der Waals surface area contributed by atoms with Crippen molar-refractivity contribution in [3.63, 3.8) is 0 Å². The maximum atomic E-state index is 12.3. The lowest BCUT2D eigenvalue weighted by molar-refractivity contribution is -0.119. The number of allylic oxidation sites excluding steroid dienone is 3. The first kappa shape index (κ1) is 12.7. The fourth-order valence-electron chi connectivity index (χ4n) is 2.86. The largest absolute Gasteiger partial charge is 0.444 e. The summed E-state index contributed by atoms with van der Waals surface area (Å²) in [5.74, 6) is 0.830. The summed E-state index contributed by atoms with van der Waals surface area (Å²) in [6, 6.07) is 2.06. The lowest BCUT2D eigenvalue weighted by atomic mass is 9.66. The number of Topliss-reactive ketones (excluding diaryl/α,β-unsaturated/α-hetero) is 1. The van der Waals surface area contributed by atoms with E-state index in [9.17, 15) is 10.1 Å². The normalized spacial score (nSPS) is 25.4. The molecule has 0 spiro atoms. The number of carbonyl (C=O) groups excluding carboxylic acids is 1. The second kappa shape index (κ2) is 3.61. The van der Waals surface area contributed by atoms with E-state index in [1.54, 1.807) is 0 Å². The summed E-state index contributed by atoms with van der Waals surface area (Å²) in [6.45, 7) is 7.77. The molecule has 4 nitrogen and oxygen atoms in total. The van der Waals surface area contributed by atoms with Crippen molar-refractivity contribution in [3.05, 3.63) is 22.8 Å². The van der Waals surface area contributed by atoms with Crippen molar-refractivity contribution >= 4 is 5.78 Å². The van der Waals surface area contributed by atoms with Crippen LogP contribution in [0.15, 0.2) is 22.8 Å². The zero-order valence-corrected chi connectivity index (χ0v) is 11.3. The van der Waals surface area contributed by atoms with Gasteiger partial charge in [-0.05, 0) is 5.41 Å². The standard InChI is InChI=1S/C14H18N2O2/c1-13(2)5-9(17)11-10(6-13)18-12(16)8(7-15)14(11,3)4/h5-6,16H2,1-4H3. The maximum absolute atomic E-state index is 12.3. The van der Waals surface area contributed by atoms with Crippen LogP contribution in [0, 0.1) is 22.2 Å². The minimum Gasteiger partial charge on any atom is -0.444 e. The summed E-state index contributed by atoms with van der Waals surface area (Å²) in [5, 5.41) is 9.17. The van der Waals surface area contributed by atoms with E-state index in [1.807, 2.05) is 27.7 Å². The van der Waals surface area contributed by atoms with Gasteiger partial charge >= 0.3 is 0 Å². The molecule has 0 aromatic carbocycles. The van der Waals surface area contributed by atoms with Crippen LogP contribution in [0.4, 0.5) is 0 Å². The van der Waals surface area contributed by atoms with Crippen LogP contribution in [0.2, 0.25) is 0 Å². The number of ether oxygens (including phenoxy) is 1. The zero-order valence-electron chi connectivity index (χ0n) is 11.3. The summed E-state index contributed by atoms with van der Waals surface area (Å²) in [4.78, 5) is 12.3. The van der Waals surface area contributed by atoms with E-state index >= 15 is 0 Å². The number of carbonyl (C=O) groups is 1. The molecule has 4 heteroatoms. The van der Waals surface area contributed by atoms with Crippen molar-refractivity contribution in [2.45, 2.75) is 40.5 Å². The molecule has 0 aromatic heterocycles. The molecule has 0 amide bonds. The highest BCUT2D eigenvalue weighted by molar-refractivity contribution is 5.99. The summed E-state index contributed by atoms with van der Waals surface area (Å²) in [6.07, 6.45) is 1.16. The molecule has 0 saturated heterocycles. The van der Waals surface area contributed by atoms with Gasteiger partial charge < -0.3 is 10.5 Å². The first-order chi connectivity index (χ1) is 8.19. The van der Waals surface area contributed by atoms with Crippen LogP contribution in [-0.2, 0) is 9.53 Å². The van der Waals surface area contributed by atoms with Gasteiger partial charge in [-0.25, -0.2) is 0 Å².